The SMILES string of the molecule is C=N/C=C(/C(=O)NCC)C(N)=Nc1ccnc(C(C)(C)CF)c1. The number of alkyl halides is 1. The molecule has 0 fully saturated rings. The van der Waals surface area contributed by atoms with Crippen molar-refractivity contribution in [1.29, 1.82) is 0 Å². The summed E-state index contributed by atoms with van der Waals surface area (Å²) in [6.45, 7) is 8.50. The largest absolute Gasteiger partial charge is 0.383 e. The molecule has 0 aliphatic rings. The fourth-order valence-corrected chi connectivity index (χ4v) is 1.71. The summed E-state index contributed by atoms with van der Waals surface area (Å²) in [5.41, 5.74) is 6.33. The highest BCUT2D eigenvalue weighted by Crippen LogP contribution is 2.25. The molecule has 0 saturated heterocycles. The molecule has 124 valence electrons. The van der Waals surface area contributed by atoms with Crippen LogP contribution in [0.25, 0.3) is 0 Å². The molecule has 1 amide bonds. The van der Waals surface area contributed by atoms with Gasteiger partial charge in [0.1, 0.15) is 12.5 Å². The van der Waals surface area contributed by atoms with Gasteiger partial charge in [0.25, 0.3) is 5.91 Å². The van der Waals surface area contributed by atoms with Crippen molar-refractivity contribution in [3.63, 3.8) is 0 Å². The number of hydrogen-bond donors (Lipinski definition) is 2. The zero-order chi connectivity index (χ0) is 17.5. The first kappa shape index (κ1) is 18.5. The molecule has 3 N–H and O–H groups in total. The Kier molecular flexibility index (Phi) is 6.56. The number of aliphatic imine (C=N–C) groups is 2. The van der Waals surface area contributed by atoms with Crippen LogP contribution in [-0.2, 0) is 10.2 Å². The Bertz CT molecular complexity index is 637. The number of nitrogens with two attached hydrogens (primary N) is 1. The maximum Gasteiger partial charge on any atom is 0.256 e. The highest BCUT2D eigenvalue weighted by Gasteiger charge is 2.22. The zero-order valence-corrected chi connectivity index (χ0v) is 13.6. The number of halogens is 1. The van der Waals surface area contributed by atoms with Crippen LogP contribution in [0.2, 0.25) is 0 Å². The second-order valence-electron chi connectivity index (χ2n) is 5.50. The summed E-state index contributed by atoms with van der Waals surface area (Å²) >= 11 is 0. The van der Waals surface area contributed by atoms with Crippen molar-refractivity contribution >= 4 is 24.1 Å². The molecule has 7 heteroatoms. The molecule has 0 unspecified atom stereocenters. The molecule has 0 bridgehead atoms. The topological polar surface area (TPSA) is 92.7 Å². The van der Waals surface area contributed by atoms with Crippen LogP contribution >= 0.6 is 0 Å². The van der Waals surface area contributed by atoms with E-state index in [-0.39, 0.29) is 17.3 Å². The second kappa shape index (κ2) is 8.17. The normalized spacial score (nSPS) is 12.9. The smallest absolute Gasteiger partial charge is 0.256 e. The lowest BCUT2D eigenvalue weighted by molar-refractivity contribution is -0.116. The third-order valence-corrected chi connectivity index (χ3v) is 3.10. The standard InChI is InChI=1S/C16H22FN5O/c1-5-20-15(23)12(9-19-4)14(18)22-11-6-7-21-13(8-11)16(2,3)10-17/h6-9H,4-5,10H2,1-3H3,(H,20,23)(H2,18,21,22)/b12-9+. The van der Waals surface area contributed by atoms with Crippen LogP contribution in [0.1, 0.15) is 26.5 Å². The highest BCUT2D eigenvalue weighted by atomic mass is 19.1. The molecule has 0 aliphatic heterocycles. The molecule has 23 heavy (non-hydrogen) atoms. The van der Waals surface area contributed by atoms with Crippen LogP contribution < -0.4 is 11.1 Å². The molecule has 0 spiro atoms. The number of carbonyl (C=O) groups is 1. The van der Waals surface area contributed by atoms with Crippen LogP contribution in [0.4, 0.5) is 10.1 Å². The molecule has 0 radical (unpaired) electrons. The minimum atomic E-state index is -0.721. The summed E-state index contributed by atoms with van der Waals surface area (Å²) in [5, 5.41) is 2.62. The number of aromatic nitrogens is 1. The Morgan fingerprint density at radius 1 is 1.57 bits per heavy atom. The van der Waals surface area contributed by atoms with E-state index < -0.39 is 12.1 Å². The van der Waals surface area contributed by atoms with Gasteiger partial charge in [-0.25, -0.2) is 4.99 Å². The van der Waals surface area contributed by atoms with Crippen LogP contribution in [0.5, 0.6) is 0 Å². The van der Waals surface area contributed by atoms with Crippen LogP contribution in [0.3, 0.4) is 0 Å². The third-order valence-electron chi connectivity index (χ3n) is 3.10. The Balaban J connectivity index is 3.18. The molecule has 1 aromatic heterocycles. The number of carbonyl (C=O) groups excluding carboxylic acids is 1. The maximum atomic E-state index is 13.1. The number of likely N-dealkylation sites (N-methyl/N-ethyl adjacent to an activating group) is 1. The van der Waals surface area contributed by atoms with E-state index in [1.165, 1.54) is 12.4 Å². The van der Waals surface area contributed by atoms with Gasteiger partial charge in [-0.3, -0.25) is 19.2 Å². The van der Waals surface area contributed by atoms with E-state index in [0.29, 0.717) is 17.9 Å². The van der Waals surface area contributed by atoms with Crippen molar-refractivity contribution in [1.82, 2.24) is 10.3 Å². The van der Waals surface area contributed by atoms with Crippen molar-refractivity contribution in [2.24, 2.45) is 15.7 Å². The lowest BCUT2D eigenvalue weighted by Gasteiger charge is -2.19. The monoisotopic (exact) mass is 319 g/mol. The van der Waals surface area contributed by atoms with Crippen molar-refractivity contribution in [2.45, 2.75) is 26.2 Å². The van der Waals surface area contributed by atoms with Gasteiger partial charge >= 0.3 is 0 Å². The van der Waals surface area contributed by atoms with Crippen molar-refractivity contribution in [2.75, 3.05) is 13.2 Å². The van der Waals surface area contributed by atoms with E-state index in [1.54, 1.807) is 32.9 Å². The Labute approximate surface area is 135 Å². The first-order chi connectivity index (χ1) is 10.9. The summed E-state index contributed by atoms with van der Waals surface area (Å²) in [6.07, 6.45) is 2.78. The molecule has 6 nitrogen and oxygen atoms in total. The molecule has 0 atom stereocenters. The number of nitrogens with one attached hydrogen (secondary N) is 1. The van der Waals surface area contributed by atoms with Crippen LogP contribution in [0, 0.1) is 0 Å². The van der Waals surface area contributed by atoms with Gasteiger partial charge < -0.3 is 11.1 Å². The number of nitrogens with zero attached hydrogens (tertiary/aromatic N) is 3. The average molecular weight is 319 g/mol. The number of pyridine rings is 1. The quantitative estimate of drug-likeness (QED) is 0.457. The summed E-state index contributed by atoms with van der Waals surface area (Å²) in [6, 6.07) is 3.27. The van der Waals surface area contributed by atoms with Gasteiger partial charge in [-0.15, -0.1) is 0 Å². The summed E-state index contributed by atoms with van der Waals surface area (Å²) in [7, 11) is 0. The van der Waals surface area contributed by atoms with Crippen molar-refractivity contribution in [3.05, 3.63) is 35.8 Å². The van der Waals surface area contributed by atoms with E-state index in [9.17, 15) is 9.18 Å². The highest BCUT2D eigenvalue weighted by molar-refractivity contribution is 6.20. The Morgan fingerprint density at radius 2 is 2.26 bits per heavy atom. The molecule has 0 saturated carbocycles. The van der Waals surface area contributed by atoms with E-state index in [0.717, 1.165) is 0 Å². The molecule has 1 aromatic rings. The predicted molar refractivity (Wildman–Crippen MR) is 90.8 cm³/mol. The van der Waals surface area contributed by atoms with Gasteiger partial charge in [0.05, 0.1) is 17.0 Å². The van der Waals surface area contributed by atoms with E-state index in [2.05, 4.69) is 27.0 Å². The fourth-order valence-electron chi connectivity index (χ4n) is 1.71. The summed E-state index contributed by atoms with van der Waals surface area (Å²) in [4.78, 5) is 23.9. The maximum absolute atomic E-state index is 13.1. The number of hydrogen-bond acceptors (Lipinski definition) is 4. The van der Waals surface area contributed by atoms with Crippen molar-refractivity contribution < 1.29 is 9.18 Å². The minimum absolute atomic E-state index is 0.00134. The van der Waals surface area contributed by atoms with Gasteiger partial charge in [-0.2, -0.15) is 0 Å². The molecule has 1 rings (SSSR count). The van der Waals surface area contributed by atoms with Gasteiger partial charge in [0.2, 0.25) is 0 Å². The second-order valence-corrected chi connectivity index (χ2v) is 5.50. The molecular weight excluding hydrogens is 297 g/mol. The van der Waals surface area contributed by atoms with E-state index >= 15 is 0 Å². The number of amidine groups is 1. The van der Waals surface area contributed by atoms with Crippen LogP contribution in [-0.4, -0.2) is 36.7 Å². The zero-order valence-electron chi connectivity index (χ0n) is 13.6. The van der Waals surface area contributed by atoms with Crippen LogP contribution in [0.15, 0.2) is 40.1 Å². The lowest BCUT2D eigenvalue weighted by Crippen LogP contribution is -2.31. The molecule has 1 heterocycles. The Hall–Kier alpha value is -2.57. The van der Waals surface area contributed by atoms with Gasteiger partial charge in [-0.1, -0.05) is 13.8 Å². The van der Waals surface area contributed by atoms with Crippen molar-refractivity contribution in [3.8, 4) is 0 Å². The first-order valence-electron chi connectivity index (χ1n) is 7.17. The van der Waals surface area contributed by atoms with Gasteiger partial charge in [0, 0.05) is 24.4 Å². The lowest BCUT2D eigenvalue weighted by atomic mass is 9.90. The first-order valence-corrected chi connectivity index (χ1v) is 7.17. The number of amides is 1. The molecule has 0 aliphatic carbocycles. The van der Waals surface area contributed by atoms with E-state index in [1.807, 2.05) is 0 Å². The van der Waals surface area contributed by atoms with Gasteiger partial charge in [0.15, 0.2) is 0 Å². The number of rotatable bonds is 7. The summed E-state index contributed by atoms with van der Waals surface area (Å²) < 4.78 is 13.1. The predicted octanol–water partition coefficient (Wildman–Crippen LogP) is 2.04. The van der Waals surface area contributed by atoms with Gasteiger partial charge in [-0.05, 0) is 25.8 Å². The third kappa shape index (κ3) is 4.98. The average Bonchev–Trinajstić information content (AvgIpc) is 2.52. The Morgan fingerprint density at radius 3 is 2.83 bits per heavy atom. The fraction of sp³-hybridized carbons (Fsp3) is 0.375. The molecule has 0 aromatic carbocycles. The summed E-state index contributed by atoms with van der Waals surface area (Å²) in [5.74, 6) is -0.391. The minimum Gasteiger partial charge on any atom is -0.383 e. The van der Waals surface area contributed by atoms with E-state index in [4.69, 9.17) is 5.73 Å². The molecular formula is C16H22FN5O.